The van der Waals surface area contributed by atoms with Gasteiger partial charge < -0.3 is 4.90 Å². The Balaban J connectivity index is 1.51. The summed E-state index contributed by atoms with van der Waals surface area (Å²) in [4.78, 5) is 17.5. The number of aromatic nitrogens is 2. The summed E-state index contributed by atoms with van der Waals surface area (Å²) in [5, 5.41) is 7.44. The number of piperidine rings is 1. The van der Waals surface area contributed by atoms with Gasteiger partial charge in [-0.3, -0.25) is 14.8 Å². The van der Waals surface area contributed by atoms with E-state index in [-0.39, 0.29) is 11.9 Å². The first-order valence-corrected chi connectivity index (χ1v) is 11.3. The van der Waals surface area contributed by atoms with E-state index in [4.69, 9.17) is 0 Å². The number of carbonyl (C=O) groups is 1. The molecule has 1 aliphatic heterocycles. The van der Waals surface area contributed by atoms with Crippen molar-refractivity contribution in [1.82, 2.24) is 20.0 Å². The second kappa shape index (κ2) is 9.92. The van der Waals surface area contributed by atoms with Crippen LogP contribution in [0.4, 0.5) is 0 Å². The molecule has 1 aliphatic rings. The van der Waals surface area contributed by atoms with Crippen molar-refractivity contribution in [3.05, 3.63) is 88.7 Å². The highest BCUT2D eigenvalue weighted by atomic mass is 16.2. The lowest BCUT2D eigenvalue weighted by Gasteiger charge is -2.35. The molecule has 1 fully saturated rings. The van der Waals surface area contributed by atoms with Gasteiger partial charge in [-0.2, -0.15) is 5.10 Å². The van der Waals surface area contributed by atoms with Crippen LogP contribution in [0.5, 0.6) is 0 Å². The minimum absolute atomic E-state index is 0.0189. The molecule has 0 unspecified atom stereocenters. The SMILES string of the molecule is CCc1ccc(CN2CCCC[C@@H]2c2[nH]ncc2C(=O)N(C)Cc2ccccc2)cc1. The van der Waals surface area contributed by atoms with Gasteiger partial charge in [0.25, 0.3) is 5.91 Å². The van der Waals surface area contributed by atoms with Crippen LogP contribution in [0.1, 0.15) is 65.0 Å². The molecule has 1 atom stereocenters. The molecule has 1 aromatic heterocycles. The minimum Gasteiger partial charge on any atom is -0.337 e. The van der Waals surface area contributed by atoms with Crippen molar-refractivity contribution < 1.29 is 4.79 Å². The van der Waals surface area contributed by atoms with Crippen LogP contribution in [0.15, 0.2) is 60.8 Å². The molecule has 0 radical (unpaired) electrons. The molecule has 5 heteroatoms. The predicted octanol–water partition coefficient (Wildman–Crippen LogP) is 4.97. The molecule has 1 saturated heterocycles. The summed E-state index contributed by atoms with van der Waals surface area (Å²) in [6, 6.07) is 19.2. The average Bonchev–Trinajstić information content (AvgIpc) is 3.30. The van der Waals surface area contributed by atoms with E-state index < -0.39 is 0 Å². The molecule has 5 nitrogen and oxygen atoms in total. The number of H-pyrrole nitrogens is 1. The predicted molar refractivity (Wildman–Crippen MR) is 124 cm³/mol. The number of aryl methyl sites for hydroxylation is 1. The van der Waals surface area contributed by atoms with E-state index in [1.54, 1.807) is 11.1 Å². The highest BCUT2D eigenvalue weighted by Crippen LogP contribution is 2.33. The summed E-state index contributed by atoms with van der Waals surface area (Å²) >= 11 is 0. The van der Waals surface area contributed by atoms with E-state index in [0.29, 0.717) is 12.1 Å². The van der Waals surface area contributed by atoms with E-state index in [0.717, 1.165) is 37.2 Å². The molecule has 162 valence electrons. The Bertz CT molecular complexity index is 980. The molecule has 0 aliphatic carbocycles. The monoisotopic (exact) mass is 416 g/mol. The highest BCUT2D eigenvalue weighted by molar-refractivity contribution is 5.95. The van der Waals surface area contributed by atoms with Crippen LogP contribution in [-0.2, 0) is 19.5 Å². The fraction of sp³-hybridized carbons (Fsp3) is 0.385. The Morgan fingerprint density at radius 3 is 2.55 bits per heavy atom. The molecule has 0 bridgehead atoms. The Labute approximate surface area is 185 Å². The molecular formula is C26H32N4O. The number of nitrogens with zero attached hydrogens (tertiary/aromatic N) is 3. The highest BCUT2D eigenvalue weighted by Gasteiger charge is 2.30. The zero-order chi connectivity index (χ0) is 21.6. The largest absolute Gasteiger partial charge is 0.337 e. The Hall–Kier alpha value is -2.92. The number of aromatic amines is 1. The molecule has 1 N–H and O–H groups in total. The van der Waals surface area contributed by atoms with Crippen LogP contribution in [0, 0.1) is 0 Å². The van der Waals surface area contributed by atoms with Gasteiger partial charge in [-0.1, -0.05) is 67.9 Å². The molecule has 31 heavy (non-hydrogen) atoms. The number of nitrogens with one attached hydrogen (secondary N) is 1. The van der Waals surface area contributed by atoms with Crippen LogP contribution in [0.25, 0.3) is 0 Å². The molecule has 0 saturated carbocycles. The zero-order valence-electron chi connectivity index (χ0n) is 18.6. The maximum atomic E-state index is 13.3. The Kier molecular flexibility index (Phi) is 6.82. The minimum atomic E-state index is 0.0189. The summed E-state index contributed by atoms with van der Waals surface area (Å²) in [5.41, 5.74) is 5.45. The maximum absolute atomic E-state index is 13.3. The quantitative estimate of drug-likeness (QED) is 0.591. The van der Waals surface area contributed by atoms with Gasteiger partial charge in [0, 0.05) is 20.1 Å². The van der Waals surface area contributed by atoms with Crippen LogP contribution in [-0.4, -0.2) is 39.5 Å². The van der Waals surface area contributed by atoms with Crippen LogP contribution >= 0.6 is 0 Å². The van der Waals surface area contributed by atoms with Gasteiger partial charge in [-0.25, -0.2) is 0 Å². The number of amides is 1. The van der Waals surface area contributed by atoms with Gasteiger partial charge in [0.05, 0.1) is 23.5 Å². The van der Waals surface area contributed by atoms with Gasteiger partial charge in [0.2, 0.25) is 0 Å². The molecule has 1 amide bonds. The fourth-order valence-electron chi connectivity index (χ4n) is 4.48. The topological polar surface area (TPSA) is 52.2 Å². The van der Waals surface area contributed by atoms with Crippen LogP contribution in [0.2, 0.25) is 0 Å². The smallest absolute Gasteiger partial charge is 0.257 e. The number of benzene rings is 2. The number of rotatable bonds is 7. The second-order valence-electron chi connectivity index (χ2n) is 8.50. The molecule has 2 aromatic carbocycles. The zero-order valence-corrected chi connectivity index (χ0v) is 18.6. The fourth-order valence-corrected chi connectivity index (χ4v) is 4.48. The average molecular weight is 417 g/mol. The molecule has 4 rings (SSSR count). The van der Waals surface area contributed by atoms with Gasteiger partial charge in [-0.05, 0) is 42.5 Å². The molecule has 0 spiro atoms. The van der Waals surface area contributed by atoms with Crippen molar-refractivity contribution in [2.75, 3.05) is 13.6 Å². The molecule has 2 heterocycles. The summed E-state index contributed by atoms with van der Waals surface area (Å²) in [6.07, 6.45) is 6.15. The second-order valence-corrected chi connectivity index (χ2v) is 8.50. The Morgan fingerprint density at radius 1 is 1.06 bits per heavy atom. The number of likely N-dealkylation sites (tertiary alicyclic amines) is 1. The number of hydrogen-bond acceptors (Lipinski definition) is 3. The third-order valence-electron chi connectivity index (χ3n) is 6.27. The van der Waals surface area contributed by atoms with E-state index in [1.165, 1.54) is 24.0 Å². The van der Waals surface area contributed by atoms with Crippen molar-refractivity contribution in [3.8, 4) is 0 Å². The lowest BCUT2D eigenvalue weighted by molar-refractivity contribution is 0.0776. The summed E-state index contributed by atoms with van der Waals surface area (Å²) in [7, 11) is 1.86. The van der Waals surface area contributed by atoms with Gasteiger partial charge >= 0.3 is 0 Å². The van der Waals surface area contributed by atoms with E-state index in [2.05, 4.69) is 46.3 Å². The van der Waals surface area contributed by atoms with Gasteiger partial charge in [0.15, 0.2) is 0 Å². The van der Waals surface area contributed by atoms with Crippen molar-refractivity contribution in [2.24, 2.45) is 0 Å². The summed E-state index contributed by atoms with van der Waals surface area (Å²) < 4.78 is 0. The Morgan fingerprint density at radius 2 is 1.81 bits per heavy atom. The summed E-state index contributed by atoms with van der Waals surface area (Å²) in [6.45, 7) is 4.69. The van der Waals surface area contributed by atoms with E-state index >= 15 is 0 Å². The maximum Gasteiger partial charge on any atom is 0.257 e. The summed E-state index contributed by atoms with van der Waals surface area (Å²) in [5.74, 6) is 0.0189. The number of carbonyl (C=O) groups excluding carboxylic acids is 1. The van der Waals surface area contributed by atoms with Crippen LogP contribution < -0.4 is 0 Å². The standard InChI is InChI=1S/C26H32N4O/c1-3-20-12-14-22(15-13-20)19-30-16-8-7-11-24(30)25-23(17-27-28-25)26(31)29(2)18-21-9-5-4-6-10-21/h4-6,9-10,12-15,17,24H,3,7-8,11,16,18-19H2,1-2H3,(H,27,28)/t24-/m1/s1. The van der Waals surface area contributed by atoms with E-state index in [1.807, 2.05) is 37.4 Å². The lowest BCUT2D eigenvalue weighted by Crippen LogP contribution is -2.35. The normalized spacial score (nSPS) is 16.9. The third-order valence-corrected chi connectivity index (χ3v) is 6.27. The number of hydrogen-bond donors (Lipinski definition) is 1. The molecule has 3 aromatic rings. The first-order chi connectivity index (χ1) is 15.2. The van der Waals surface area contributed by atoms with Gasteiger partial charge in [0.1, 0.15) is 0 Å². The van der Waals surface area contributed by atoms with Crippen molar-refractivity contribution >= 4 is 5.91 Å². The van der Waals surface area contributed by atoms with Crippen molar-refractivity contribution in [3.63, 3.8) is 0 Å². The van der Waals surface area contributed by atoms with Crippen LogP contribution in [0.3, 0.4) is 0 Å². The molecular weight excluding hydrogens is 384 g/mol. The van der Waals surface area contributed by atoms with Crippen molar-refractivity contribution in [2.45, 2.75) is 51.7 Å². The third kappa shape index (κ3) is 5.05. The van der Waals surface area contributed by atoms with Gasteiger partial charge in [-0.15, -0.1) is 0 Å². The lowest BCUT2D eigenvalue weighted by atomic mass is 9.95. The first kappa shape index (κ1) is 21.3. The first-order valence-electron chi connectivity index (χ1n) is 11.3. The van der Waals surface area contributed by atoms with E-state index in [9.17, 15) is 4.79 Å². The van der Waals surface area contributed by atoms with Crippen molar-refractivity contribution in [1.29, 1.82) is 0 Å².